The fourth-order valence-electron chi connectivity index (χ4n) is 7.21. The molecule has 13 heteroatoms. The summed E-state index contributed by atoms with van der Waals surface area (Å²) >= 11 is 0. The molecule has 12 nitrogen and oxygen atoms in total. The van der Waals surface area contributed by atoms with Crippen LogP contribution < -0.4 is 0 Å². The van der Waals surface area contributed by atoms with Crippen molar-refractivity contribution in [1.82, 2.24) is 0 Å². The van der Waals surface area contributed by atoms with Crippen molar-refractivity contribution in [2.45, 2.75) is 237 Å². The topological polar surface area (TPSA) is 186 Å². The van der Waals surface area contributed by atoms with Gasteiger partial charge in [0, 0.05) is 12.8 Å². The smallest absolute Gasteiger partial charge is 0.306 e. The van der Waals surface area contributed by atoms with E-state index in [1.54, 1.807) is 0 Å². The van der Waals surface area contributed by atoms with E-state index in [4.69, 9.17) is 18.9 Å². The molecule has 1 aliphatic heterocycles. The Labute approximate surface area is 370 Å². The van der Waals surface area contributed by atoms with Crippen LogP contribution in [0.2, 0.25) is 0 Å². The molecule has 0 aromatic heterocycles. The number of carbonyl (C=O) groups excluding carboxylic acids is 2. The molecule has 0 spiro atoms. The Morgan fingerprint density at radius 1 is 0.557 bits per heavy atom. The number of esters is 2. The van der Waals surface area contributed by atoms with Crippen molar-refractivity contribution in [2.24, 2.45) is 0 Å². The van der Waals surface area contributed by atoms with Gasteiger partial charge in [0.2, 0.25) is 0 Å². The number of unbranched alkanes of at least 4 members (excludes halogenated alkanes) is 22. The van der Waals surface area contributed by atoms with Crippen LogP contribution in [-0.2, 0) is 38.7 Å². The SMILES string of the molecule is CCCCC/C=C/C/C=C/C/C=C/CCCCC(=O)OC[C@H](CO[C@H]1O[C@H](CS(=O)(=O)O)[C@@H](O)C(O)C1O)OC(=O)CCCCCCCCCCCCCCCCCCCC. The van der Waals surface area contributed by atoms with Gasteiger partial charge in [0.1, 0.15) is 36.8 Å². The lowest BCUT2D eigenvalue weighted by Crippen LogP contribution is -2.60. The van der Waals surface area contributed by atoms with Crippen molar-refractivity contribution < 1.29 is 56.8 Å². The number of ether oxygens (including phenoxy) is 4. The minimum absolute atomic E-state index is 0.159. The summed E-state index contributed by atoms with van der Waals surface area (Å²) < 4.78 is 54.1. The number of hydrogen-bond acceptors (Lipinski definition) is 11. The number of carbonyl (C=O) groups is 2. The zero-order chi connectivity index (χ0) is 44.8. The van der Waals surface area contributed by atoms with Crippen LogP contribution in [0.3, 0.4) is 0 Å². The van der Waals surface area contributed by atoms with Gasteiger partial charge >= 0.3 is 11.9 Å². The van der Waals surface area contributed by atoms with E-state index in [0.29, 0.717) is 12.8 Å². The maximum atomic E-state index is 12.8. The Bertz CT molecular complexity index is 1270. The van der Waals surface area contributed by atoms with Crippen molar-refractivity contribution in [1.29, 1.82) is 0 Å². The van der Waals surface area contributed by atoms with Crippen LogP contribution in [-0.4, -0.2) is 96.0 Å². The number of aliphatic hydroxyl groups is 3. The lowest BCUT2D eigenvalue weighted by molar-refractivity contribution is -0.297. The molecule has 4 N–H and O–H groups in total. The highest BCUT2D eigenvalue weighted by atomic mass is 32.2. The first kappa shape index (κ1) is 56.9. The van der Waals surface area contributed by atoms with Crippen LogP contribution in [0.4, 0.5) is 0 Å². The summed E-state index contributed by atoms with van der Waals surface area (Å²) in [5, 5.41) is 30.9. The lowest BCUT2D eigenvalue weighted by atomic mass is 10.00. The van der Waals surface area contributed by atoms with Crippen LogP contribution in [0.25, 0.3) is 0 Å². The van der Waals surface area contributed by atoms with Gasteiger partial charge in [0.25, 0.3) is 10.1 Å². The fraction of sp³-hybridized carbons (Fsp3) is 0.833. The van der Waals surface area contributed by atoms with E-state index in [2.05, 4.69) is 50.3 Å². The van der Waals surface area contributed by atoms with Crippen molar-refractivity contribution in [3.63, 3.8) is 0 Å². The Kier molecular flexibility index (Phi) is 35.8. The highest BCUT2D eigenvalue weighted by molar-refractivity contribution is 7.85. The molecule has 1 rings (SSSR count). The largest absolute Gasteiger partial charge is 0.462 e. The predicted octanol–water partition coefficient (Wildman–Crippen LogP) is 10.2. The zero-order valence-corrected chi connectivity index (χ0v) is 38.8. The molecule has 61 heavy (non-hydrogen) atoms. The van der Waals surface area contributed by atoms with Gasteiger partial charge in [-0.05, 0) is 51.4 Å². The molecule has 0 bridgehead atoms. The lowest BCUT2D eigenvalue weighted by Gasteiger charge is -2.40. The van der Waals surface area contributed by atoms with Crippen molar-refractivity contribution >= 4 is 22.1 Å². The summed E-state index contributed by atoms with van der Waals surface area (Å²) in [7, 11) is -4.61. The van der Waals surface area contributed by atoms with Crippen molar-refractivity contribution in [3.8, 4) is 0 Å². The van der Waals surface area contributed by atoms with Crippen LogP contribution in [0, 0.1) is 0 Å². The minimum atomic E-state index is -4.61. The molecule has 6 atom stereocenters. The van der Waals surface area contributed by atoms with Gasteiger partial charge in [-0.3, -0.25) is 14.1 Å². The average molecular weight is 887 g/mol. The number of rotatable bonds is 40. The molecule has 0 aromatic carbocycles. The molecule has 0 radical (unpaired) electrons. The molecule has 356 valence electrons. The van der Waals surface area contributed by atoms with E-state index >= 15 is 0 Å². The maximum Gasteiger partial charge on any atom is 0.306 e. The molecular formula is C48H86O12S. The summed E-state index contributed by atoms with van der Waals surface area (Å²) in [5.41, 5.74) is 0. The van der Waals surface area contributed by atoms with Gasteiger partial charge in [-0.1, -0.05) is 172 Å². The van der Waals surface area contributed by atoms with Gasteiger partial charge in [0.15, 0.2) is 12.4 Å². The van der Waals surface area contributed by atoms with Crippen LogP contribution >= 0.6 is 0 Å². The van der Waals surface area contributed by atoms with E-state index in [-0.39, 0.29) is 19.4 Å². The minimum Gasteiger partial charge on any atom is -0.462 e. The predicted molar refractivity (Wildman–Crippen MR) is 243 cm³/mol. The molecule has 1 aliphatic rings. The third kappa shape index (κ3) is 33.1. The van der Waals surface area contributed by atoms with E-state index < -0.39 is 71.2 Å². The second-order valence-corrected chi connectivity index (χ2v) is 18.3. The monoisotopic (exact) mass is 887 g/mol. The van der Waals surface area contributed by atoms with E-state index in [1.165, 1.54) is 109 Å². The Balaban J connectivity index is 2.43. The molecule has 1 fully saturated rings. The van der Waals surface area contributed by atoms with E-state index in [0.717, 1.165) is 51.4 Å². The van der Waals surface area contributed by atoms with Crippen molar-refractivity contribution in [3.05, 3.63) is 36.5 Å². The third-order valence-electron chi connectivity index (χ3n) is 11.0. The van der Waals surface area contributed by atoms with Gasteiger partial charge < -0.3 is 34.3 Å². The van der Waals surface area contributed by atoms with Crippen LogP contribution in [0.5, 0.6) is 0 Å². The standard InChI is InChI=1S/C48H86O12S/c1-3-5-7-9-11-13-15-17-19-20-21-23-25-27-29-31-33-35-37-44(50)59-41(39-58-48-47(53)46(52)45(51)42(60-48)40-61(54,55)56)38-57-43(49)36-34-32-30-28-26-24-22-18-16-14-12-10-8-6-4-2/h12,14,18,22,26,28,41-42,45-48,51-53H,3-11,13,15-17,19-21,23-25,27,29-40H2,1-2H3,(H,54,55,56)/b14-12+,22-18+,28-26+/t41-,42-,45-,46?,47?,48+/m1/s1. The van der Waals surface area contributed by atoms with Crippen LogP contribution in [0.1, 0.15) is 200 Å². The summed E-state index contributed by atoms with van der Waals surface area (Å²) in [4.78, 5) is 25.4. The summed E-state index contributed by atoms with van der Waals surface area (Å²) in [6.07, 6.45) is 34.7. The highest BCUT2D eigenvalue weighted by Gasteiger charge is 2.46. The van der Waals surface area contributed by atoms with Crippen molar-refractivity contribution in [2.75, 3.05) is 19.0 Å². The first-order valence-electron chi connectivity index (χ1n) is 24.0. The molecule has 0 aromatic rings. The Morgan fingerprint density at radius 3 is 1.49 bits per heavy atom. The quantitative estimate of drug-likeness (QED) is 0.0198. The summed E-state index contributed by atoms with van der Waals surface area (Å²) in [6.45, 7) is 3.72. The number of hydrogen-bond donors (Lipinski definition) is 4. The Hall–Kier alpha value is -2.13. The zero-order valence-electron chi connectivity index (χ0n) is 38.0. The first-order chi connectivity index (χ1) is 29.5. The highest BCUT2D eigenvalue weighted by Crippen LogP contribution is 2.24. The number of allylic oxidation sites excluding steroid dienone is 6. The van der Waals surface area contributed by atoms with Gasteiger partial charge in [0.05, 0.1) is 6.61 Å². The number of aliphatic hydroxyl groups excluding tert-OH is 3. The van der Waals surface area contributed by atoms with Gasteiger partial charge in [-0.2, -0.15) is 8.42 Å². The average Bonchev–Trinajstić information content (AvgIpc) is 3.22. The molecule has 1 saturated heterocycles. The Morgan fingerprint density at radius 2 is 0.984 bits per heavy atom. The summed E-state index contributed by atoms with van der Waals surface area (Å²) in [5.74, 6) is -2.02. The molecule has 2 unspecified atom stereocenters. The molecular weight excluding hydrogens is 801 g/mol. The van der Waals surface area contributed by atoms with Crippen LogP contribution in [0.15, 0.2) is 36.5 Å². The van der Waals surface area contributed by atoms with Gasteiger partial charge in [-0.15, -0.1) is 0 Å². The van der Waals surface area contributed by atoms with Gasteiger partial charge in [-0.25, -0.2) is 0 Å². The summed E-state index contributed by atoms with van der Waals surface area (Å²) in [6, 6.07) is 0. The first-order valence-corrected chi connectivity index (χ1v) is 25.7. The second kappa shape index (κ2) is 38.3. The molecule has 0 amide bonds. The fourth-order valence-corrected chi connectivity index (χ4v) is 7.90. The normalized spacial score (nSPS) is 20.3. The van der Waals surface area contributed by atoms with E-state index in [1.807, 2.05) is 0 Å². The maximum absolute atomic E-state index is 12.8. The molecule has 1 heterocycles. The third-order valence-corrected chi connectivity index (χ3v) is 11.7. The molecule has 0 saturated carbocycles. The second-order valence-electron chi connectivity index (χ2n) is 16.8. The van der Waals surface area contributed by atoms with E-state index in [9.17, 15) is 37.9 Å². The molecule has 0 aliphatic carbocycles.